The second kappa shape index (κ2) is 5.77. The average molecular weight is 250 g/mol. The molecule has 0 heterocycles. The summed E-state index contributed by atoms with van der Waals surface area (Å²) in [5.41, 5.74) is -0.574. The van der Waals surface area contributed by atoms with Gasteiger partial charge in [0.25, 0.3) is 10.1 Å². The SMILES string of the molecule is CCCC(CC(C)=O)C(C)(C)CS(=O)(=O)O. The van der Waals surface area contributed by atoms with E-state index in [1.54, 1.807) is 13.8 Å². The predicted molar refractivity (Wildman–Crippen MR) is 63.9 cm³/mol. The Kier molecular flexibility index (Phi) is 5.62. The first-order chi connectivity index (χ1) is 7.08. The van der Waals surface area contributed by atoms with E-state index in [2.05, 4.69) is 0 Å². The average Bonchev–Trinajstić information content (AvgIpc) is 1.97. The van der Waals surface area contributed by atoms with Crippen molar-refractivity contribution in [2.24, 2.45) is 11.3 Å². The lowest BCUT2D eigenvalue weighted by atomic mass is 9.75. The molecule has 16 heavy (non-hydrogen) atoms. The van der Waals surface area contributed by atoms with Gasteiger partial charge in [0.1, 0.15) is 5.78 Å². The van der Waals surface area contributed by atoms with Crippen LogP contribution in [-0.4, -0.2) is 24.5 Å². The van der Waals surface area contributed by atoms with E-state index in [4.69, 9.17) is 4.55 Å². The third-order valence-electron chi connectivity index (χ3n) is 2.83. The van der Waals surface area contributed by atoms with Gasteiger partial charge >= 0.3 is 0 Å². The van der Waals surface area contributed by atoms with Crippen molar-refractivity contribution in [3.8, 4) is 0 Å². The molecule has 0 aliphatic heterocycles. The molecule has 1 unspecified atom stereocenters. The van der Waals surface area contributed by atoms with Crippen molar-refractivity contribution >= 4 is 15.9 Å². The Hall–Kier alpha value is -0.420. The van der Waals surface area contributed by atoms with Crippen molar-refractivity contribution in [3.63, 3.8) is 0 Å². The van der Waals surface area contributed by atoms with Crippen LogP contribution < -0.4 is 0 Å². The van der Waals surface area contributed by atoms with Crippen molar-refractivity contribution in [2.75, 3.05) is 5.75 Å². The topological polar surface area (TPSA) is 71.4 Å². The molecule has 0 amide bonds. The number of hydrogen-bond acceptors (Lipinski definition) is 3. The lowest BCUT2D eigenvalue weighted by Crippen LogP contribution is -2.33. The Morgan fingerprint density at radius 2 is 1.88 bits per heavy atom. The second-order valence-electron chi connectivity index (χ2n) is 5.11. The summed E-state index contributed by atoms with van der Waals surface area (Å²) in [5, 5.41) is 0. The molecule has 0 spiro atoms. The molecule has 1 N–H and O–H groups in total. The second-order valence-corrected chi connectivity index (χ2v) is 6.56. The van der Waals surface area contributed by atoms with Crippen molar-refractivity contribution in [3.05, 3.63) is 0 Å². The Bertz CT molecular complexity index is 330. The molecular weight excluding hydrogens is 228 g/mol. The summed E-state index contributed by atoms with van der Waals surface area (Å²) in [6, 6.07) is 0. The van der Waals surface area contributed by atoms with E-state index in [1.165, 1.54) is 6.92 Å². The molecule has 96 valence electrons. The van der Waals surface area contributed by atoms with Crippen LogP contribution in [0.5, 0.6) is 0 Å². The van der Waals surface area contributed by atoms with Gasteiger partial charge in [0.15, 0.2) is 0 Å². The third kappa shape index (κ3) is 6.23. The smallest absolute Gasteiger partial charge is 0.265 e. The summed E-state index contributed by atoms with van der Waals surface area (Å²) in [4.78, 5) is 11.1. The van der Waals surface area contributed by atoms with E-state index in [0.717, 1.165) is 12.8 Å². The zero-order valence-electron chi connectivity index (χ0n) is 10.5. The molecule has 0 aliphatic carbocycles. The Morgan fingerprint density at radius 3 is 2.19 bits per heavy atom. The fraction of sp³-hybridized carbons (Fsp3) is 0.909. The summed E-state index contributed by atoms with van der Waals surface area (Å²) in [6.07, 6.45) is 2.06. The first kappa shape index (κ1) is 15.6. The quantitative estimate of drug-likeness (QED) is 0.704. The zero-order chi connectivity index (χ0) is 13.0. The fourth-order valence-electron chi connectivity index (χ4n) is 2.05. The molecule has 0 aromatic rings. The van der Waals surface area contributed by atoms with Gasteiger partial charge in [0.05, 0.1) is 5.75 Å². The number of Topliss-reactive ketones (excluding diaryl/α,β-unsaturated/α-hetero) is 1. The van der Waals surface area contributed by atoms with Gasteiger partial charge in [0.2, 0.25) is 0 Å². The van der Waals surface area contributed by atoms with Gasteiger partial charge in [0, 0.05) is 6.42 Å². The molecule has 0 fully saturated rings. The van der Waals surface area contributed by atoms with Crippen LogP contribution in [0.2, 0.25) is 0 Å². The van der Waals surface area contributed by atoms with Crippen molar-refractivity contribution < 1.29 is 17.8 Å². The van der Waals surface area contributed by atoms with E-state index in [1.807, 2.05) is 6.92 Å². The van der Waals surface area contributed by atoms with Crippen LogP contribution in [0, 0.1) is 11.3 Å². The van der Waals surface area contributed by atoms with Gasteiger partial charge in [-0.2, -0.15) is 8.42 Å². The summed E-state index contributed by atoms with van der Waals surface area (Å²) in [6.45, 7) is 7.07. The lowest BCUT2D eigenvalue weighted by molar-refractivity contribution is -0.118. The van der Waals surface area contributed by atoms with Crippen molar-refractivity contribution in [1.29, 1.82) is 0 Å². The standard InChI is InChI=1S/C11H22O4S/c1-5-6-10(7-9(2)12)11(3,4)8-16(13,14)15/h10H,5-8H2,1-4H3,(H,13,14,15). The van der Waals surface area contributed by atoms with Gasteiger partial charge in [-0.05, 0) is 24.7 Å². The third-order valence-corrected chi connectivity index (χ3v) is 3.94. The number of carbonyl (C=O) groups excluding carboxylic acids is 1. The van der Waals surface area contributed by atoms with Gasteiger partial charge in [-0.3, -0.25) is 4.55 Å². The first-order valence-electron chi connectivity index (χ1n) is 5.53. The lowest BCUT2D eigenvalue weighted by Gasteiger charge is -2.32. The minimum absolute atomic E-state index is 0.00285. The molecule has 0 rings (SSSR count). The predicted octanol–water partition coefficient (Wildman–Crippen LogP) is 2.30. The van der Waals surface area contributed by atoms with Crippen molar-refractivity contribution in [2.45, 2.75) is 47.0 Å². The van der Waals surface area contributed by atoms with Crippen LogP contribution in [-0.2, 0) is 14.9 Å². The fourth-order valence-corrected chi connectivity index (χ4v) is 3.23. The molecule has 0 aromatic heterocycles. The monoisotopic (exact) mass is 250 g/mol. The van der Waals surface area contributed by atoms with Gasteiger partial charge < -0.3 is 4.79 Å². The summed E-state index contributed by atoms with van der Waals surface area (Å²) >= 11 is 0. The molecule has 0 radical (unpaired) electrons. The van der Waals surface area contributed by atoms with Crippen LogP contribution in [0.4, 0.5) is 0 Å². The molecule has 0 saturated carbocycles. The van der Waals surface area contributed by atoms with Crippen LogP contribution in [0.1, 0.15) is 47.0 Å². The molecular formula is C11H22O4S. The molecule has 0 saturated heterocycles. The first-order valence-corrected chi connectivity index (χ1v) is 7.14. The van der Waals surface area contributed by atoms with E-state index in [9.17, 15) is 13.2 Å². The minimum Gasteiger partial charge on any atom is -0.300 e. The maximum Gasteiger partial charge on any atom is 0.265 e. The van der Waals surface area contributed by atoms with E-state index >= 15 is 0 Å². The molecule has 0 aromatic carbocycles. The number of rotatable bonds is 7. The molecule has 0 aliphatic rings. The van der Waals surface area contributed by atoms with E-state index < -0.39 is 15.5 Å². The Balaban J connectivity index is 4.80. The maximum atomic E-state index is 11.1. The minimum atomic E-state index is -3.99. The highest BCUT2D eigenvalue weighted by molar-refractivity contribution is 7.85. The Morgan fingerprint density at radius 1 is 1.38 bits per heavy atom. The highest BCUT2D eigenvalue weighted by atomic mass is 32.2. The van der Waals surface area contributed by atoms with Crippen LogP contribution in [0.3, 0.4) is 0 Å². The van der Waals surface area contributed by atoms with Crippen LogP contribution >= 0.6 is 0 Å². The van der Waals surface area contributed by atoms with E-state index in [-0.39, 0.29) is 17.5 Å². The normalized spacial score (nSPS) is 14.8. The molecule has 4 nitrogen and oxygen atoms in total. The summed E-state index contributed by atoms with van der Waals surface area (Å²) in [7, 11) is -3.99. The van der Waals surface area contributed by atoms with Gasteiger partial charge in [-0.25, -0.2) is 0 Å². The highest BCUT2D eigenvalue weighted by Crippen LogP contribution is 2.34. The molecule has 0 bridgehead atoms. The summed E-state index contributed by atoms with van der Waals surface area (Å²) < 4.78 is 30.7. The number of hydrogen-bond donors (Lipinski definition) is 1. The van der Waals surface area contributed by atoms with Gasteiger partial charge in [-0.15, -0.1) is 0 Å². The maximum absolute atomic E-state index is 11.1. The number of carbonyl (C=O) groups is 1. The van der Waals surface area contributed by atoms with Crippen LogP contribution in [0.15, 0.2) is 0 Å². The highest BCUT2D eigenvalue weighted by Gasteiger charge is 2.33. The van der Waals surface area contributed by atoms with E-state index in [0.29, 0.717) is 6.42 Å². The number of ketones is 1. The molecule has 1 atom stereocenters. The largest absolute Gasteiger partial charge is 0.300 e. The van der Waals surface area contributed by atoms with Gasteiger partial charge in [-0.1, -0.05) is 27.2 Å². The molecule has 5 heteroatoms. The summed E-state index contributed by atoms with van der Waals surface area (Å²) in [5.74, 6) is -0.239. The van der Waals surface area contributed by atoms with Crippen molar-refractivity contribution in [1.82, 2.24) is 0 Å². The zero-order valence-corrected chi connectivity index (χ0v) is 11.3. The van der Waals surface area contributed by atoms with Crippen LogP contribution in [0.25, 0.3) is 0 Å². The Labute approximate surface area is 98.2 Å².